The van der Waals surface area contributed by atoms with Crippen LogP contribution in [0, 0.1) is 6.92 Å². The Morgan fingerprint density at radius 2 is 2.04 bits per heavy atom. The van der Waals surface area contributed by atoms with Gasteiger partial charge in [-0.1, -0.05) is 25.1 Å². The number of methoxy groups -OCH3 is 1. The van der Waals surface area contributed by atoms with Crippen molar-refractivity contribution >= 4 is 17.5 Å². The van der Waals surface area contributed by atoms with Crippen molar-refractivity contribution in [2.45, 2.75) is 32.8 Å². The average molecular weight is 321 g/mol. The number of nitrogens with one attached hydrogen (secondary N) is 1. The van der Waals surface area contributed by atoms with Crippen LogP contribution in [0.25, 0.3) is 0 Å². The van der Waals surface area contributed by atoms with Gasteiger partial charge in [0.2, 0.25) is 11.8 Å². The number of hydrogen-bond acceptors (Lipinski definition) is 4. The van der Waals surface area contributed by atoms with Gasteiger partial charge in [0.1, 0.15) is 0 Å². The molecule has 0 bridgehead atoms. The Hall–Kier alpha value is -1.92. The normalized spacial score (nSPS) is 11.8. The number of para-hydroxylation sites is 1. The standard InChI is InChI=1S/C17H27N3O3/c1-4-9-20(17(22)10-14(11-18)23-3)12-16(21)19-15-8-6-5-7-13(15)2/h5-8,14H,4,9-12,18H2,1-3H3,(H,19,21). The second kappa shape index (κ2) is 9.97. The van der Waals surface area contributed by atoms with E-state index in [2.05, 4.69) is 5.32 Å². The van der Waals surface area contributed by atoms with Crippen molar-refractivity contribution in [1.29, 1.82) is 0 Å². The van der Waals surface area contributed by atoms with Crippen LogP contribution in [-0.2, 0) is 14.3 Å². The van der Waals surface area contributed by atoms with Gasteiger partial charge >= 0.3 is 0 Å². The fourth-order valence-electron chi connectivity index (χ4n) is 2.22. The highest BCUT2D eigenvalue weighted by Crippen LogP contribution is 2.13. The fraction of sp³-hybridized carbons (Fsp3) is 0.529. The first-order chi connectivity index (χ1) is 11.0. The molecule has 0 fully saturated rings. The number of ether oxygens (including phenoxy) is 1. The van der Waals surface area contributed by atoms with Crippen molar-refractivity contribution in [3.63, 3.8) is 0 Å². The zero-order chi connectivity index (χ0) is 17.2. The molecule has 0 aliphatic heterocycles. The molecule has 1 rings (SSSR count). The monoisotopic (exact) mass is 321 g/mol. The highest BCUT2D eigenvalue weighted by Gasteiger charge is 2.20. The molecule has 1 aromatic carbocycles. The lowest BCUT2D eigenvalue weighted by molar-refractivity contribution is -0.136. The van der Waals surface area contributed by atoms with Crippen LogP contribution in [0.5, 0.6) is 0 Å². The Balaban J connectivity index is 2.65. The van der Waals surface area contributed by atoms with Gasteiger partial charge in [0.05, 0.1) is 19.1 Å². The van der Waals surface area contributed by atoms with Gasteiger partial charge < -0.3 is 20.7 Å². The molecule has 6 nitrogen and oxygen atoms in total. The van der Waals surface area contributed by atoms with Gasteiger partial charge in [-0.05, 0) is 25.0 Å². The summed E-state index contributed by atoms with van der Waals surface area (Å²) in [6.45, 7) is 4.73. The zero-order valence-corrected chi connectivity index (χ0v) is 14.2. The van der Waals surface area contributed by atoms with Crippen molar-refractivity contribution < 1.29 is 14.3 Å². The fourth-order valence-corrected chi connectivity index (χ4v) is 2.22. The second-order valence-electron chi connectivity index (χ2n) is 5.48. The van der Waals surface area contributed by atoms with E-state index in [0.29, 0.717) is 6.54 Å². The smallest absolute Gasteiger partial charge is 0.244 e. The van der Waals surface area contributed by atoms with Crippen LogP contribution in [0.2, 0.25) is 0 Å². The van der Waals surface area contributed by atoms with Crippen LogP contribution in [0.1, 0.15) is 25.3 Å². The quantitative estimate of drug-likeness (QED) is 0.722. The second-order valence-corrected chi connectivity index (χ2v) is 5.48. The highest BCUT2D eigenvalue weighted by atomic mass is 16.5. The van der Waals surface area contributed by atoms with E-state index in [0.717, 1.165) is 17.7 Å². The number of aryl methyl sites for hydroxylation is 1. The van der Waals surface area contributed by atoms with Crippen molar-refractivity contribution in [2.75, 3.05) is 32.1 Å². The summed E-state index contributed by atoms with van der Waals surface area (Å²) in [7, 11) is 1.53. The first kappa shape index (κ1) is 19.1. The zero-order valence-electron chi connectivity index (χ0n) is 14.2. The number of amides is 2. The number of nitrogens with zero attached hydrogens (tertiary/aromatic N) is 1. The third-order valence-electron chi connectivity index (χ3n) is 3.60. The minimum Gasteiger partial charge on any atom is -0.380 e. The maximum atomic E-state index is 12.3. The van der Waals surface area contributed by atoms with E-state index in [4.69, 9.17) is 10.5 Å². The lowest BCUT2D eigenvalue weighted by atomic mass is 10.2. The number of benzene rings is 1. The molecule has 0 aliphatic rings. The first-order valence-corrected chi connectivity index (χ1v) is 7.87. The lowest BCUT2D eigenvalue weighted by Gasteiger charge is -2.24. The van der Waals surface area contributed by atoms with E-state index < -0.39 is 0 Å². The van der Waals surface area contributed by atoms with E-state index >= 15 is 0 Å². The molecule has 0 spiro atoms. The van der Waals surface area contributed by atoms with Crippen LogP contribution >= 0.6 is 0 Å². The topological polar surface area (TPSA) is 84.7 Å². The Kier molecular flexibility index (Phi) is 8.29. The van der Waals surface area contributed by atoms with Crippen LogP contribution in [0.3, 0.4) is 0 Å². The van der Waals surface area contributed by atoms with Crippen LogP contribution in [-0.4, -0.2) is 49.6 Å². The van der Waals surface area contributed by atoms with Gasteiger partial charge in [-0.25, -0.2) is 0 Å². The summed E-state index contributed by atoms with van der Waals surface area (Å²) in [5.41, 5.74) is 7.30. The third-order valence-corrected chi connectivity index (χ3v) is 3.60. The number of anilines is 1. The summed E-state index contributed by atoms with van der Waals surface area (Å²) in [6.07, 6.45) is 0.648. The number of carbonyl (C=O) groups is 2. The molecule has 1 atom stereocenters. The molecule has 1 aromatic rings. The predicted molar refractivity (Wildman–Crippen MR) is 91.1 cm³/mol. The van der Waals surface area contributed by atoms with Crippen molar-refractivity contribution in [2.24, 2.45) is 5.73 Å². The van der Waals surface area contributed by atoms with E-state index in [1.807, 2.05) is 38.1 Å². The average Bonchev–Trinajstić information content (AvgIpc) is 2.54. The summed E-state index contributed by atoms with van der Waals surface area (Å²) in [5.74, 6) is -0.327. The molecule has 3 N–H and O–H groups in total. The Bertz CT molecular complexity index is 516. The minimum absolute atomic E-state index is 0.0298. The summed E-state index contributed by atoms with van der Waals surface area (Å²) in [4.78, 5) is 26.1. The third kappa shape index (κ3) is 6.38. The SMILES string of the molecule is CCCN(CC(=O)Nc1ccccc1C)C(=O)CC(CN)OC. The largest absolute Gasteiger partial charge is 0.380 e. The number of hydrogen-bond donors (Lipinski definition) is 2. The highest BCUT2D eigenvalue weighted by molar-refractivity contribution is 5.95. The Morgan fingerprint density at radius 3 is 2.61 bits per heavy atom. The van der Waals surface area contributed by atoms with Crippen LogP contribution in [0.4, 0.5) is 5.69 Å². The Morgan fingerprint density at radius 1 is 1.35 bits per heavy atom. The molecule has 0 heterocycles. The summed E-state index contributed by atoms with van der Waals surface area (Å²) < 4.78 is 5.14. The maximum absolute atomic E-state index is 12.3. The van der Waals surface area contributed by atoms with E-state index in [9.17, 15) is 9.59 Å². The maximum Gasteiger partial charge on any atom is 0.244 e. The van der Waals surface area contributed by atoms with E-state index in [1.165, 1.54) is 7.11 Å². The van der Waals surface area contributed by atoms with Gasteiger partial charge in [0.15, 0.2) is 0 Å². The molecule has 0 aromatic heterocycles. The van der Waals surface area contributed by atoms with Gasteiger partial charge in [-0.3, -0.25) is 9.59 Å². The number of nitrogens with two attached hydrogens (primary N) is 1. The molecular weight excluding hydrogens is 294 g/mol. The van der Waals surface area contributed by atoms with Gasteiger partial charge in [-0.2, -0.15) is 0 Å². The van der Waals surface area contributed by atoms with E-state index in [-0.39, 0.29) is 37.4 Å². The minimum atomic E-state index is -0.318. The molecule has 128 valence electrons. The first-order valence-electron chi connectivity index (χ1n) is 7.87. The van der Waals surface area contributed by atoms with Crippen molar-refractivity contribution in [3.8, 4) is 0 Å². The molecular formula is C17H27N3O3. The lowest BCUT2D eigenvalue weighted by Crippen LogP contribution is -2.41. The van der Waals surface area contributed by atoms with Crippen LogP contribution < -0.4 is 11.1 Å². The molecule has 0 saturated carbocycles. The summed E-state index contributed by atoms with van der Waals surface area (Å²) in [5, 5.41) is 2.85. The predicted octanol–water partition coefficient (Wildman–Crippen LogP) is 1.54. The van der Waals surface area contributed by atoms with Crippen molar-refractivity contribution in [3.05, 3.63) is 29.8 Å². The summed E-state index contributed by atoms with van der Waals surface area (Å²) >= 11 is 0. The van der Waals surface area contributed by atoms with E-state index in [1.54, 1.807) is 4.90 Å². The molecule has 1 unspecified atom stereocenters. The molecule has 6 heteroatoms. The van der Waals surface area contributed by atoms with Gasteiger partial charge in [0, 0.05) is 25.9 Å². The summed E-state index contributed by atoms with van der Waals surface area (Å²) in [6, 6.07) is 7.54. The molecule has 0 radical (unpaired) electrons. The molecule has 0 saturated heterocycles. The van der Waals surface area contributed by atoms with Gasteiger partial charge in [-0.15, -0.1) is 0 Å². The molecule has 0 aliphatic carbocycles. The molecule has 23 heavy (non-hydrogen) atoms. The van der Waals surface area contributed by atoms with Gasteiger partial charge in [0.25, 0.3) is 0 Å². The number of carbonyl (C=O) groups excluding carboxylic acids is 2. The van der Waals surface area contributed by atoms with Crippen molar-refractivity contribution in [1.82, 2.24) is 4.90 Å². The number of rotatable bonds is 9. The van der Waals surface area contributed by atoms with Crippen LogP contribution in [0.15, 0.2) is 24.3 Å². The molecule has 2 amide bonds. The Labute approximate surface area is 138 Å².